The predicted octanol–water partition coefficient (Wildman–Crippen LogP) is 5.89. The molecule has 4 heteroatoms. The van der Waals surface area contributed by atoms with E-state index in [-0.39, 0.29) is 17.1 Å². The molecule has 1 aromatic heterocycles. The van der Waals surface area contributed by atoms with Crippen LogP contribution in [0.3, 0.4) is 0 Å². The zero-order valence-electron chi connectivity index (χ0n) is 15.7. The van der Waals surface area contributed by atoms with Gasteiger partial charge in [0.1, 0.15) is 22.8 Å². The molecule has 0 radical (unpaired) electrons. The minimum atomic E-state index is -0.280. The highest BCUT2D eigenvalue weighted by Gasteiger charge is 2.16. The van der Waals surface area contributed by atoms with Crippen LogP contribution in [0.1, 0.15) is 28.6 Å². The van der Waals surface area contributed by atoms with Crippen molar-refractivity contribution < 1.29 is 19.1 Å². The van der Waals surface area contributed by atoms with Crippen LogP contribution in [0.15, 0.2) is 65.1 Å². The van der Waals surface area contributed by atoms with Crippen molar-refractivity contribution in [1.29, 1.82) is 0 Å². The molecule has 0 saturated heterocycles. The molecular formula is C24H20O4. The van der Waals surface area contributed by atoms with Gasteiger partial charge in [0.15, 0.2) is 5.78 Å². The van der Waals surface area contributed by atoms with E-state index in [4.69, 9.17) is 9.15 Å². The van der Waals surface area contributed by atoms with E-state index in [1.807, 2.05) is 44.2 Å². The fraction of sp³-hybridized carbons (Fsp3) is 0.125. The molecule has 0 unspecified atom stereocenters. The van der Waals surface area contributed by atoms with Gasteiger partial charge in [-0.2, -0.15) is 0 Å². The van der Waals surface area contributed by atoms with Gasteiger partial charge in [0.2, 0.25) is 0 Å². The summed E-state index contributed by atoms with van der Waals surface area (Å²) in [6, 6.07) is 16.4. The first-order chi connectivity index (χ1) is 13.6. The van der Waals surface area contributed by atoms with Crippen LogP contribution in [0.4, 0.5) is 0 Å². The molecule has 28 heavy (non-hydrogen) atoms. The Balaban J connectivity index is 1.81. The van der Waals surface area contributed by atoms with Crippen molar-refractivity contribution >= 4 is 33.6 Å². The number of fused-ring (bicyclic) bond motifs is 3. The number of allylic oxidation sites excluding steroid dienone is 1. The van der Waals surface area contributed by atoms with Crippen LogP contribution in [-0.4, -0.2) is 17.5 Å². The van der Waals surface area contributed by atoms with Gasteiger partial charge in [-0.25, -0.2) is 0 Å². The molecule has 1 heterocycles. The molecule has 0 atom stereocenters. The maximum absolute atomic E-state index is 12.4. The van der Waals surface area contributed by atoms with Crippen molar-refractivity contribution in [1.82, 2.24) is 0 Å². The van der Waals surface area contributed by atoms with Crippen molar-refractivity contribution in [2.75, 3.05) is 6.61 Å². The lowest BCUT2D eigenvalue weighted by Crippen LogP contribution is -1.94. The summed E-state index contributed by atoms with van der Waals surface area (Å²) < 4.78 is 11.8. The van der Waals surface area contributed by atoms with Gasteiger partial charge in [0, 0.05) is 22.4 Å². The zero-order valence-corrected chi connectivity index (χ0v) is 15.7. The topological polar surface area (TPSA) is 59.7 Å². The van der Waals surface area contributed by atoms with Gasteiger partial charge in [0.05, 0.1) is 12.2 Å². The molecule has 4 rings (SSSR count). The SMILES string of the molecule is CCOc1cc2oc(/C=C/C(=O)c3ccccc3O)c(C)c2c2ccccc12. The molecule has 0 saturated carbocycles. The van der Waals surface area contributed by atoms with Gasteiger partial charge in [-0.15, -0.1) is 0 Å². The lowest BCUT2D eigenvalue weighted by atomic mass is 10.0. The second kappa shape index (κ2) is 7.24. The molecule has 0 amide bonds. The molecule has 0 aliphatic rings. The van der Waals surface area contributed by atoms with Crippen molar-refractivity contribution in [2.45, 2.75) is 13.8 Å². The smallest absolute Gasteiger partial charge is 0.189 e. The van der Waals surface area contributed by atoms with Crippen LogP contribution >= 0.6 is 0 Å². The lowest BCUT2D eigenvalue weighted by Gasteiger charge is -2.08. The average Bonchev–Trinajstić information content (AvgIpc) is 3.02. The third kappa shape index (κ3) is 3.03. The molecular weight excluding hydrogens is 352 g/mol. The molecule has 4 nitrogen and oxygen atoms in total. The Kier molecular flexibility index (Phi) is 4.62. The molecule has 0 spiro atoms. The Bertz CT molecular complexity index is 1210. The Morgan fingerprint density at radius 2 is 1.82 bits per heavy atom. The van der Waals surface area contributed by atoms with Crippen LogP contribution in [0, 0.1) is 6.92 Å². The highest BCUT2D eigenvalue weighted by atomic mass is 16.5. The number of phenolic OH excluding ortho intramolecular Hbond substituents is 1. The summed E-state index contributed by atoms with van der Waals surface area (Å²) in [7, 11) is 0. The lowest BCUT2D eigenvalue weighted by molar-refractivity contribution is 0.104. The number of carbonyl (C=O) groups is 1. The number of hydrogen-bond donors (Lipinski definition) is 1. The quantitative estimate of drug-likeness (QED) is 0.350. The number of ether oxygens (including phenoxy) is 1. The third-order valence-corrected chi connectivity index (χ3v) is 4.79. The summed E-state index contributed by atoms with van der Waals surface area (Å²) >= 11 is 0. The standard InChI is InChI=1S/C24H20O4/c1-3-27-22-14-23-24(17-9-5-4-8-16(17)22)15(2)21(28-23)13-12-20(26)18-10-6-7-11-19(18)25/h4-14,25H,3H2,1-2H3/b13-12+. The van der Waals surface area contributed by atoms with Crippen LogP contribution in [0.5, 0.6) is 11.5 Å². The van der Waals surface area contributed by atoms with Gasteiger partial charge in [-0.3, -0.25) is 4.79 Å². The van der Waals surface area contributed by atoms with Crippen LogP contribution in [0.2, 0.25) is 0 Å². The van der Waals surface area contributed by atoms with E-state index in [0.717, 1.165) is 27.5 Å². The third-order valence-electron chi connectivity index (χ3n) is 4.79. The summed E-state index contributed by atoms with van der Waals surface area (Å²) in [6.07, 6.45) is 3.07. The molecule has 0 aliphatic carbocycles. The highest BCUT2D eigenvalue weighted by Crippen LogP contribution is 2.38. The highest BCUT2D eigenvalue weighted by molar-refractivity contribution is 6.12. The number of aryl methyl sites for hydroxylation is 1. The van der Waals surface area contributed by atoms with E-state index in [1.165, 1.54) is 12.1 Å². The van der Waals surface area contributed by atoms with Gasteiger partial charge >= 0.3 is 0 Å². The fourth-order valence-electron chi connectivity index (χ4n) is 3.46. The Morgan fingerprint density at radius 1 is 1.11 bits per heavy atom. The van der Waals surface area contributed by atoms with E-state index >= 15 is 0 Å². The zero-order chi connectivity index (χ0) is 19.7. The second-order valence-corrected chi connectivity index (χ2v) is 6.53. The second-order valence-electron chi connectivity index (χ2n) is 6.53. The minimum Gasteiger partial charge on any atom is -0.507 e. The first-order valence-corrected chi connectivity index (χ1v) is 9.18. The summed E-state index contributed by atoms with van der Waals surface area (Å²) in [5, 5.41) is 12.9. The van der Waals surface area contributed by atoms with Gasteiger partial charge in [0.25, 0.3) is 0 Å². The van der Waals surface area contributed by atoms with E-state index in [9.17, 15) is 9.90 Å². The Morgan fingerprint density at radius 3 is 2.57 bits per heavy atom. The molecule has 0 aliphatic heterocycles. The van der Waals surface area contributed by atoms with E-state index in [0.29, 0.717) is 18.0 Å². The number of hydrogen-bond acceptors (Lipinski definition) is 4. The summed E-state index contributed by atoms with van der Waals surface area (Å²) in [5.74, 6) is 1.07. The van der Waals surface area contributed by atoms with Crippen LogP contribution in [-0.2, 0) is 0 Å². The largest absolute Gasteiger partial charge is 0.507 e. The molecule has 0 bridgehead atoms. The maximum atomic E-state index is 12.4. The van der Waals surface area contributed by atoms with Gasteiger partial charge in [-0.1, -0.05) is 36.4 Å². The van der Waals surface area contributed by atoms with Crippen molar-refractivity contribution in [3.63, 3.8) is 0 Å². The van der Waals surface area contributed by atoms with Gasteiger partial charge < -0.3 is 14.3 Å². The number of carbonyl (C=O) groups excluding carboxylic acids is 1. The summed E-state index contributed by atoms with van der Waals surface area (Å²) in [4.78, 5) is 12.4. The van der Waals surface area contributed by atoms with Crippen LogP contribution in [0.25, 0.3) is 27.8 Å². The number of aromatic hydroxyl groups is 1. The van der Waals surface area contributed by atoms with Gasteiger partial charge in [-0.05, 0) is 43.5 Å². The van der Waals surface area contributed by atoms with E-state index in [2.05, 4.69) is 0 Å². The Hall–Kier alpha value is -3.53. The van der Waals surface area contributed by atoms with Crippen LogP contribution < -0.4 is 4.74 Å². The summed E-state index contributed by atoms with van der Waals surface area (Å²) in [6.45, 7) is 4.49. The van der Waals surface area contributed by atoms with Crippen molar-refractivity contribution in [3.8, 4) is 11.5 Å². The molecule has 0 fully saturated rings. The first-order valence-electron chi connectivity index (χ1n) is 9.18. The van der Waals surface area contributed by atoms with Crippen molar-refractivity contribution in [3.05, 3.63) is 77.6 Å². The normalized spacial score (nSPS) is 11.5. The molecule has 1 N–H and O–H groups in total. The minimum absolute atomic E-state index is 0.0363. The monoisotopic (exact) mass is 372 g/mol. The Labute approximate surface area is 162 Å². The maximum Gasteiger partial charge on any atom is 0.189 e. The fourth-order valence-corrected chi connectivity index (χ4v) is 3.46. The first kappa shape index (κ1) is 17.9. The van der Waals surface area contributed by atoms with E-state index in [1.54, 1.807) is 24.3 Å². The molecule has 4 aromatic rings. The number of para-hydroxylation sites is 1. The van der Waals surface area contributed by atoms with E-state index < -0.39 is 0 Å². The number of ketones is 1. The number of furan rings is 1. The summed E-state index contributed by atoms with van der Waals surface area (Å²) in [5.41, 5.74) is 1.93. The average molecular weight is 372 g/mol. The van der Waals surface area contributed by atoms with Crippen molar-refractivity contribution in [2.24, 2.45) is 0 Å². The number of benzene rings is 3. The molecule has 140 valence electrons. The molecule has 3 aromatic carbocycles. The predicted molar refractivity (Wildman–Crippen MR) is 111 cm³/mol. The number of rotatable bonds is 5. The number of phenols is 1.